The van der Waals surface area contributed by atoms with E-state index in [1.807, 2.05) is 12.1 Å². The molecule has 0 radical (unpaired) electrons. The van der Waals surface area contributed by atoms with Crippen LogP contribution in [0, 0.1) is 11.8 Å². The number of allylic oxidation sites excluding steroid dienone is 1. The molecule has 4 nitrogen and oxygen atoms in total. The molecule has 29 heavy (non-hydrogen) atoms. The second-order valence-electron chi connectivity index (χ2n) is 9.67. The molecular formula is C25H36O4. The zero-order valence-corrected chi connectivity index (χ0v) is 18.5. The van der Waals surface area contributed by atoms with Gasteiger partial charge in [0.05, 0.1) is 6.10 Å². The fourth-order valence-corrected chi connectivity index (χ4v) is 5.33. The Kier molecular flexibility index (Phi) is 6.30. The number of benzene rings is 1. The van der Waals surface area contributed by atoms with Crippen LogP contribution in [0.4, 0.5) is 0 Å². The minimum absolute atomic E-state index is 0.0172. The van der Waals surface area contributed by atoms with Gasteiger partial charge in [-0.25, -0.2) is 4.79 Å². The zero-order valence-electron chi connectivity index (χ0n) is 18.5. The molecule has 0 amide bonds. The van der Waals surface area contributed by atoms with Crippen LogP contribution in [0.3, 0.4) is 0 Å². The van der Waals surface area contributed by atoms with Crippen LogP contribution in [0.15, 0.2) is 23.8 Å². The smallest absolute Gasteiger partial charge is 0.331 e. The fraction of sp³-hybridized carbons (Fsp3) is 0.640. The Bertz CT molecular complexity index is 792. The van der Waals surface area contributed by atoms with Crippen LogP contribution >= 0.6 is 0 Å². The van der Waals surface area contributed by atoms with E-state index < -0.39 is 5.97 Å². The van der Waals surface area contributed by atoms with Gasteiger partial charge in [0.15, 0.2) is 0 Å². The Balaban J connectivity index is 1.93. The molecular weight excluding hydrogens is 364 g/mol. The van der Waals surface area contributed by atoms with Gasteiger partial charge in [0.2, 0.25) is 0 Å². The number of carboxylic acids is 1. The summed E-state index contributed by atoms with van der Waals surface area (Å²) >= 11 is 0. The van der Waals surface area contributed by atoms with Crippen molar-refractivity contribution in [2.45, 2.75) is 90.6 Å². The maximum atomic E-state index is 11.6. The predicted octanol–water partition coefficient (Wildman–Crippen LogP) is 6.17. The van der Waals surface area contributed by atoms with Gasteiger partial charge in [-0.05, 0) is 48.8 Å². The number of rotatable bonds is 7. The van der Waals surface area contributed by atoms with Crippen molar-refractivity contribution < 1.29 is 19.7 Å². The van der Waals surface area contributed by atoms with Crippen LogP contribution in [0.25, 0.3) is 0 Å². The first-order valence-electron chi connectivity index (χ1n) is 11.1. The zero-order chi connectivity index (χ0) is 21.3. The lowest BCUT2D eigenvalue weighted by Crippen LogP contribution is -2.40. The minimum atomic E-state index is -0.861. The van der Waals surface area contributed by atoms with Crippen LogP contribution < -0.4 is 4.74 Å². The topological polar surface area (TPSA) is 66.8 Å². The monoisotopic (exact) mass is 400 g/mol. The van der Waals surface area contributed by atoms with Crippen molar-refractivity contribution in [3.05, 3.63) is 34.9 Å². The predicted molar refractivity (Wildman–Crippen MR) is 116 cm³/mol. The highest BCUT2D eigenvalue weighted by molar-refractivity contribution is 5.87. The lowest BCUT2D eigenvalue weighted by atomic mass is 9.66. The van der Waals surface area contributed by atoms with E-state index in [4.69, 9.17) is 4.74 Å². The van der Waals surface area contributed by atoms with Gasteiger partial charge in [-0.3, -0.25) is 0 Å². The molecule has 0 saturated heterocycles. The molecule has 1 aliphatic heterocycles. The number of aliphatic carboxylic acids is 1. The first-order valence-corrected chi connectivity index (χ1v) is 11.1. The molecule has 1 aromatic rings. The van der Waals surface area contributed by atoms with Crippen LogP contribution in [0.2, 0.25) is 0 Å². The Labute approximate surface area is 175 Å². The van der Waals surface area contributed by atoms with Gasteiger partial charge in [0, 0.05) is 23.0 Å². The molecule has 2 aliphatic rings. The number of hydrogen-bond acceptors (Lipinski definition) is 3. The summed E-state index contributed by atoms with van der Waals surface area (Å²) in [6.45, 7) is 10.8. The summed E-state index contributed by atoms with van der Waals surface area (Å²) in [5.41, 5.74) is 2.28. The molecule has 160 valence electrons. The summed E-state index contributed by atoms with van der Waals surface area (Å²) in [5.74, 6) is 0.359. The largest absolute Gasteiger partial charge is 0.508 e. The Morgan fingerprint density at radius 1 is 1.21 bits per heavy atom. The average molecular weight is 401 g/mol. The molecule has 3 rings (SSSR count). The number of aromatic hydroxyl groups is 1. The third kappa shape index (κ3) is 4.31. The molecule has 4 heteroatoms. The Morgan fingerprint density at radius 2 is 1.93 bits per heavy atom. The summed E-state index contributed by atoms with van der Waals surface area (Å²) in [7, 11) is 0. The van der Waals surface area contributed by atoms with E-state index >= 15 is 0 Å². The highest BCUT2D eigenvalue weighted by atomic mass is 16.5. The second kappa shape index (κ2) is 8.41. The maximum absolute atomic E-state index is 11.6. The van der Waals surface area contributed by atoms with Gasteiger partial charge in [-0.2, -0.15) is 0 Å². The van der Waals surface area contributed by atoms with Gasteiger partial charge in [-0.1, -0.05) is 59.5 Å². The van der Waals surface area contributed by atoms with Crippen LogP contribution in [0.1, 0.15) is 90.2 Å². The van der Waals surface area contributed by atoms with Crippen LogP contribution in [-0.4, -0.2) is 22.3 Å². The van der Waals surface area contributed by atoms with Crippen LogP contribution in [0.5, 0.6) is 11.5 Å². The number of phenolic OH excluding ortho intramolecular Hbond substituents is 1. The molecule has 0 fully saturated rings. The van der Waals surface area contributed by atoms with E-state index in [-0.39, 0.29) is 35.0 Å². The lowest BCUT2D eigenvalue weighted by Gasteiger charge is -2.44. The molecule has 1 aromatic carbocycles. The summed E-state index contributed by atoms with van der Waals surface area (Å²) < 4.78 is 6.29. The SMILES string of the molecule is CCCCCCC(C)(C)c1cc(O)c2c(c1)OC(C)[C@@H]1C(C)C=C(C(=O)O)C[C@@H]21. The lowest BCUT2D eigenvalue weighted by molar-refractivity contribution is -0.133. The highest BCUT2D eigenvalue weighted by Crippen LogP contribution is 2.53. The number of unbranched alkanes of at least 4 members (excludes halogenated alkanes) is 3. The number of fused-ring (bicyclic) bond motifs is 3. The van der Waals surface area contributed by atoms with Gasteiger partial charge in [0.25, 0.3) is 0 Å². The summed E-state index contributed by atoms with van der Waals surface area (Å²) in [6.07, 6.45) is 8.23. The van der Waals surface area contributed by atoms with Gasteiger partial charge in [0.1, 0.15) is 11.5 Å². The van der Waals surface area contributed by atoms with Crippen molar-refractivity contribution >= 4 is 5.97 Å². The maximum Gasteiger partial charge on any atom is 0.331 e. The molecule has 0 saturated carbocycles. The molecule has 4 atom stereocenters. The standard InChI is InChI=1S/C25H36O4/c1-6-7-8-9-10-25(4,5)18-13-20(26)23-19-12-17(24(27)28)11-15(2)22(19)16(3)29-21(23)14-18/h11,13-16,19,22,26H,6-10,12H2,1-5H3,(H,27,28)/t15?,16?,19-,22+/m1/s1. The van der Waals surface area contributed by atoms with Gasteiger partial charge in [-0.15, -0.1) is 0 Å². The normalized spacial score (nSPS) is 26.2. The summed E-state index contributed by atoms with van der Waals surface area (Å²) in [6, 6.07) is 3.98. The number of ether oxygens (including phenoxy) is 1. The highest BCUT2D eigenvalue weighted by Gasteiger charge is 2.44. The van der Waals surface area contributed by atoms with Crippen molar-refractivity contribution in [3.63, 3.8) is 0 Å². The first kappa shape index (κ1) is 21.7. The van der Waals surface area contributed by atoms with E-state index in [0.717, 1.165) is 23.3 Å². The van der Waals surface area contributed by atoms with Gasteiger partial charge < -0.3 is 14.9 Å². The van der Waals surface area contributed by atoms with Crippen molar-refractivity contribution in [2.24, 2.45) is 11.8 Å². The molecule has 2 unspecified atom stereocenters. The van der Waals surface area contributed by atoms with Crippen molar-refractivity contribution in [1.29, 1.82) is 0 Å². The summed E-state index contributed by atoms with van der Waals surface area (Å²) in [5, 5.41) is 20.5. The van der Waals surface area contributed by atoms with E-state index in [1.165, 1.54) is 25.7 Å². The molecule has 1 heterocycles. The van der Waals surface area contributed by atoms with E-state index in [1.54, 1.807) is 0 Å². The minimum Gasteiger partial charge on any atom is -0.508 e. The third-order valence-electron chi connectivity index (χ3n) is 7.03. The quantitative estimate of drug-likeness (QED) is 0.537. The number of hydrogen-bond donors (Lipinski definition) is 2. The molecule has 1 aliphatic carbocycles. The average Bonchev–Trinajstić information content (AvgIpc) is 2.64. The first-order chi connectivity index (χ1) is 13.7. The van der Waals surface area contributed by atoms with E-state index in [9.17, 15) is 15.0 Å². The molecule has 0 aromatic heterocycles. The van der Waals surface area contributed by atoms with Crippen molar-refractivity contribution in [1.82, 2.24) is 0 Å². The number of phenols is 1. The van der Waals surface area contributed by atoms with Crippen molar-refractivity contribution in [2.75, 3.05) is 0 Å². The molecule has 2 N–H and O–H groups in total. The molecule has 0 spiro atoms. The third-order valence-corrected chi connectivity index (χ3v) is 7.03. The Hall–Kier alpha value is -1.97. The Morgan fingerprint density at radius 3 is 2.59 bits per heavy atom. The van der Waals surface area contributed by atoms with E-state index in [2.05, 4.69) is 40.7 Å². The second-order valence-corrected chi connectivity index (χ2v) is 9.67. The van der Waals surface area contributed by atoms with Gasteiger partial charge >= 0.3 is 5.97 Å². The fourth-order valence-electron chi connectivity index (χ4n) is 5.33. The van der Waals surface area contributed by atoms with Crippen LogP contribution in [-0.2, 0) is 10.2 Å². The van der Waals surface area contributed by atoms with Crippen molar-refractivity contribution in [3.8, 4) is 11.5 Å². The number of carbonyl (C=O) groups is 1. The van der Waals surface area contributed by atoms with E-state index in [0.29, 0.717) is 12.0 Å². The molecule has 0 bridgehead atoms. The number of carboxylic acid groups (broad SMARTS) is 1. The summed E-state index contributed by atoms with van der Waals surface area (Å²) in [4.78, 5) is 11.6.